The van der Waals surface area contributed by atoms with Crippen molar-refractivity contribution in [2.45, 2.75) is 18.8 Å². The number of hydrogen-bond acceptors (Lipinski definition) is 5. The molecule has 0 amide bonds. The summed E-state index contributed by atoms with van der Waals surface area (Å²) in [6.45, 7) is 1.89. The zero-order valence-corrected chi connectivity index (χ0v) is 11.2. The number of nitrogens with one attached hydrogen (secondary N) is 1. The molecule has 0 radical (unpaired) electrons. The maximum Gasteiger partial charge on any atom is 0.231 e. The Kier molecular flexibility index (Phi) is 3.64. The summed E-state index contributed by atoms with van der Waals surface area (Å²) in [5.41, 5.74) is 0.682. The van der Waals surface area contributed by atoms with Gasteiger partial charge in [-0.05, 0) is 37.6 Å². The second kappa shape index (κ2) is 5.58. The molecule has 2 heterocycles. The standard InChI is InChI=1S/C14H16FN3O2/c1-19-12-7-9(4-5-11(12)15)13-17-14(20-18-13)10-3-2-6-16-8-10/h4-5,7,10,16H,2-3,6,8H2,1H3/t10-/m0/s1. The topological polar surface area (TPSA) is 60.2 Å². The predicted octanol–water partition coefficient (Wildman–Crippen LogP) is 2.35. The highest BCUT2D eigenvalue weighted by Gasteiger charge is 2.22. The van der Waals surface area contributed by atoms with E-state index in [1.807, 2.05) is 0 Å². The van der Waals surface area contributed by atoms with Crippen LogP contribution < -0.4 is 10.1 Å². The van der Waals surface area contributed by atoms with Crippen LogP contribution in [0.25, 0.3) is 11.4 Å². The van der Waals surface area contributed by atoms with E-state index >= 15 is 0 Å². The molecular formula is C14H16FN3O2. The van der Waals surface area contributed by atoms with Crippen LogP contribution in [0.2, 0.25) is 0 Å². The fourth-order valence-corrected chi connectivity index (χ4v) is 2.38. The second-order valence-corrected chi connectivity index (χ2v) is 4.85. The Labute approximate surface area is 116 Å². The van der Waals surface area contributed by atoms with Gasteiger partial charge >= 0.3 is 0 Å². The van der Waals surface area contributed by atoms with Gasteiger partial charge in [0, 0.05) is 12.1 Å². The molecule has 0 saturated carbocycles. The number of methoxy groups -OCH3 is 1. The molecule has 1 aliphatic heterocycles. The average molecular weight is 277 g/mol. The minimum atomic E-state index is -0.406. The SMILES string of the molecule is COc1cc(-c2noc([C@H]3CCCNC3)n2)ccc1F. The van der Waals surface area contributed by atoms with E-state index < -0.39 is 5.82 Å². The third-order valence-electron chi connectivity index (χ3n) is 3.50. The number of aromatic nitrogens is 2. The lowest BCUT2D eigenvalue weighted by Gasteiger charge is -2.18. The molecule has 1 aliphatic rings. The van der Waals surface area contributed by atoms with E-state index in [9.17, 15) is 4.39 Å². The van der Waals surface area contributed by atoms with Gasteiger partial charge in [-0.25, -0.2) is 4.39 Å². The van der Waals surface area contributed by atoms with Crippen LogP contribution in [0.1, 0.15) is 24.7 Å². The van der Waals surface area contributed by atoms with Crippen LogP contribution in [0.15, 0.2) is 22.7 Å². The molecular weight excluding hydrogens is 261 g/mol. The Morgan fingerprint density at radius 3 is 3.10 bits per heavy atom. The molecule has 1 aromatic carbocycles. The van der Waals surface area contributed by atoms with Crippen molar-refractivity contribution < 1.29 is 13.7 Å². The van der Waals surface area contributed by atoms with E-state index in [0.29, 0.717) is 17.3 Å². The van der Waals surface area contributed by atoms with Gasteiger partial charge < -0.3 is 14.6 Å². The van der Waals surface area contributed by atoms with Gasteiger partial charge in [0.2, 0.25) is 11.7 Å². The summed E-state index contributed by atoms with van der Waals surface area (Å²) in [5.74, 6) is 1.12. The quantitative estimate of drug-likeness (QED) is 0.933. The number of piperidine rings is 1. The first kappa shape index (κ1) is 13.1. The van der Waals surface area contributed by atoms with E-state index in [4.69, 9.17) is 9.26 Å². The number of nitrogens with zero attached hydrogens (tertiary/aromatic N) is 2. The predicted molar refractivity (Wildman–Crippen MR) is 71.1 cm³/mol. The molecule has 20 heavy (non-hydrogen) atoms. The maximum absolute atomic E-state index is 13.4. The van der Waals surface area contributed by atoms with Gasteiger partial charge in [-0.15, -0.1) is 0 Å². The minimum Gasteiger partial charge on any atom is -0.494 e. The first-order valence-corrected chi connectivity index (χ1v) is 6.66. The first-order chi connectivity index (χ1) is 9.78. The van der Waals surface area contributed by atoms with Crippen LogP contribution >= 0.6 is 0 Å². The van der Waals surface area contributed by atoms with Crippen LogP contribution in [0.3, 0.4) is 0 Å². The molecule has 0 bridgehead atoms. The molecule has 1 aromatic heterocycles. The molecule has 3 rings (SSSR count). The Morgan fingerprint density at radius 1 is 1.45 bits per heavy atom. The van der Waals surface area contributed by atoms with Crippen molar-refractivity contribution in [3.05, 3.63) is 29.9 Å². The molecule has 5 nitrogen and oxygen atoms in total. The van der Waals surface area contributed by atoms with Gasteiger partial charge in [-0.1, -0.05) is 5.16 Å². The maximum atomic E-state index is 13.4. The fourth-order valence-electron chi connectivity index (χ4n) is 2.38. The highest BCUT2D eigenvalue weighted by atomic mass is 19.1. The fraction of sp³-hybridized carbons (Fsp3) is 0.429. The molecule has 106 valence electrons. The molecule has 1 fully saturated rings. The lowest BCUT2D eigenvalue weighted by Crippen LogP contribution is -2.28. The largest absolute Gasteiger partial charge is 0.494 e. The molecule has 1 saturated heterocycles. The van der Waals surface area contributed by atoms with Gasteiger partial charge in [0.15, 0.2) is 11.6 Å². The molecule has 6 heteroatoms. The highest BCUT2D eigenvalue weighted by molar-refractivity contribution is 5.57. The number of hydrogen-bond donors (Lipinski definition) is 1. The second-order valence-electron chi connectivity index (χ2n) is 4.85. The summed E-state index contributed by atoms with van der Waals surface area (Å²) < 4.78 is 23.7. The molecule has 1 atom stereocenters. The van der Waals surface area contributed by atoms with Crippen LogP contribution in [0.5, 0.6) is 5.75 Å². The summed E-state index contributed by atoms with van der Waals surface area (Å²) in [6, 6.07) is 4.53. The molecule has 0 aliphatic carbocycles. The lowest BCUT2D eigenvalue weighted by atomic mass is 10.00. The van der Waals surface area contributed by atoms with Gasteiger partial charge in [0.1, 0.15) is 0 Å². The number of rotatable bonds is 3. The van der Waals surface area contributed by atoms with Gasteiger partial charge in [0.25, 0.3) is 0 Å². The Balaban J connectivity index is 1.85. The van der Waals surface area contributed by atoms with Crippen LogP contribution in [-0.2, 0) is 0 Å². The highest BCUT2D eigenvalue weighted by Crippen LogP contribution is 2.27. The summed E-state index contributed by atoms with van der Waals surface area (Å²) >= 11 is 0. The van der Waals surface area contributed by atoms with Gasteiger partial charge in [0.05, 0.1) is 13.0 Å². The van der Waals surface area contributed by atoms with Crippen molar-refractivity contribution in [3.8, 4) is 17.1 Å². The smallest absolute Gasteiger partial charge is 0.231 e. The van der Waals surface area contributed by atoms with Crippen LogP contribution in [0, 0.1) is 5.82 Å². The van der Waals surface area contributed by atoms with Crippen molar-refractivity contribution >= 4 is 0 Å². The van der Waals surface area contributed by atoms with Gasteiger partial charge in [-0.3, -0.25) is 0 Å². The zero-order chi connectivity index (χ0) is 13.9. The summed E-state index contributed by atoms with van der Waals surface area (Å²) in [5, 5.41) is 7.29. The monoisotopic (exact) mass is 277 g/mol. The number of benzene rings is 1. The van der Waals surface area contributed by atoms with E-state index in [1.165, 1.54) is 13.2 Å². The Morgan fingerprint density at radius 2 is 2.35 bits per heavy atom. The van der Waals surface area contributed by atoms with Crippen molar-refractivity contribution in [2.24, 2.45) is 0 Å². The van der Waals surface area contributed by atoms with E-state index in [1.54, 1.807) is 12.1 Å². The van der Waals surface area contributed by atoms with Crippen molar-refractivity contribution in [2.75, 3.05) is 20.2 Å². The van der Waals surface area contributed by atoms with E-state index in [-0.39, 0.29) is 11.7 Å². The number of halogens is 1. The number of ether oxygens (including phenoxy) is 1. The summed E-state index contributed by atoms with van der Waals surface area (Å²) in [4.78, 5) is 4.41. The minimum absolute atomic E-state index is 0.174. The Hall–Kier alpha value is -1.95. The first-order valence-electron chi connectivity index (χ1n) is 6.66. The molecule has 2 aromatic rings. The Bertz CT molecular complexity index is 594. The third-order valence-corrected chi connectivity index (χ3v) is 3.50. The van der Waals surface area contributed by atoms with Gasteiger partial charge in [-0.2, -0.15) is 4.98 Å². The van der Waals surface area contributed by atoms with Crippen molar-refractivity contribution in [1.82, 2.24) is 15.5 Å². The molecule has 1 N–H and O–H groups in total. The summed E-state index contributed by atoms with van der Waals surface area (Å²) in [6.07, 6.45) is 2.15. The molecule has 0 spiro atoms. The zero-order valence-electron chi connectivity index (χ0n) is 11.2. The van der Waals surface area contributed by atoms with Crippen molar-refractivity contribution in [1.29, 1.82) is 0 Å². The lowest BCUT2D eigenvalue weighted by molar-refractivity contribution is 0.322. The molecule has 0 unspecified atom stereocenters. The third kappa shape index (κ3) is 2.51. The summed E-state index contributed by atoms with van der Waals surface area (Å²) in [7, 11) is 1.43. The van der Waals surface area contributed by atoms with Crippen molar-refractivity contribution in [3.63, 3.8) is 0 Å². The average Bonchev–Trinajstić information content (AvgIpc) is 2.98. The van der Waals surface area contributed by atoms with E-state index in [0.717, 1.165) is 25.9 Å². The van der Waals surface area contributed by atoms with Crippen LogP contribution in [-0.4, -0.2) is 30.3 Å². The van der Waals surface area contributed by atoms with E-state index in [2.05, 4.69) is 15.5 Å². The normalized spacial score (nSPS) is 19.0. The van der Waals surface area contributed by atoms with Crippen LogP contribution in [0.4, 0.5) is 4.39 Å².